The van der Waals surface area contributed by atoms with Gasteiger partial charge in [0.25, 0.3) is 5.56 Å². The number of likely N-dealkylation sites (tertiary alicyclic amines) is 1. The third-order valence-electron chi connectivity index (χ3n) is 5.08. The zero-order valence-corrected chi connectivity index (χ0v) is 15.4. The molecule has 0 radical (unpaired) electrons. The molecule has 1 saturated heterocycles. The number of carbonyl (C=O) groups excluding carboxylic acids is 1. The Hall–Kier alpha value is -2.38. The second-order valence-corrected chi connectivity index (χ2v) is 7.07. The van der Waals surface area contributed by atoms with E-state index >= 15 is 0 Å². The number of fused-ring (bicyclic) bond motifs is 1. The van der Waals surface area contributed by atoms with Crippen LogP contribution in [0.5, 0.6) is 0 Å². The van der Waals surface area contributed by atoms with Gasteiger partial charge in [0.15, 0.2) is 0 Å². The van der Waals surface area contributed by atoms with Crippen LogP contribution < -0.4 is 5.56 Å². The van der Waals surface area contributed by atoms with Crippen LogP contribution in [-0.2, 0) is 17.5 Å². The Labute approximate surface area is 154 Å². The van der Waals surface area contributed by atoms with Gasteiger partial charge in [-0.25, -0.2) is 4.98 Å². The van der Waals surface area contributed by atoms with E-state index in [0.717, 1.165) is 41.4 Å². The molecule has 0 bridgehead atoms. The van der Waals surface area contributed by atoms with Gasteiger partial charge < -0.3 is 4.90 Å². The van der Waals surface area contributed by atoms with Crippen molar-refractivity contribution in [2.24, 2.45) is 0 Å². The number of aromatic nitrogens is 2. The molecule has 1 aliphatic heterocycles. The van der Waals surface area contributed by atoms with Gasteiger partial charge >= 0.3 is 6.18 Å². The normalized spacial score (nSPS) is 15.8. The molecule has 27 heavy (non-hydrogen) atoms. The predicted molar refractivity (Wildman–Crippen MR) is 95.5 cm³/mol. The minimum atomic E-state index is -4.88. The van der Waals surface area contributed by atoms with Crippen LogP contribution in [0.25, 0.3) is 11.0 Å². The molecular formula is C19H22F3N3O2. The highest BCUT2D eigenvalue weighted by molar-refractivity contribution is 5.81. The molecule has 1 amide bonds. The quantitative estimate of drug-likeness (QED) is 0.801. The number of hydrogen-bond acceptors (Lipinski definition) is 3. The molecule has 1 aromatic carbocycles. The first-order valence-corrected chi connectivity index (χ1v) is 9.05. The number of halogens is 3. The number of aryl methyl sites for hydroxylation is 2. The van der Waals surface area contributed by atoms with Crippen LogP contribution >= 0.6 is 0 Å². The topological polar surface area (TPSA) is 55.2 Å². The van der Waals surface area contributed by atoms with Crippen molar-refractivity contribution in [2.75, 3.05) is 13.1 Å². The van der Waals surface area contributed by atoms with Gasteiger partial charge in [-0.05, 0) is 49.9 Å². The average molecular weight is 381 g/mol. The van der Waals surface area contributed by atoms with E-state index in [1.807, 2.05) is 0 Å². The van der Waals surface area contributed by atoms with Crippen molar-refractivity contribution >= 4 is 16.9 Å². The fraction of sp³-hybridized carbons (Fsp3) is 0.526. The van der Waals surface area contributed by atoms with Gasteiger partial charge in [-0.3, -0.25) is 14.2 Å². The molecule has 1 fully saturated rings. The molecule has 3 rings (SSSR count). The SMILES string of the molecule is Cc1cc2nc(C(F)(F)F)c(=O)n(CC(=O)N3CCCCCC3)c2cc1C. The van der Waals surface area contributed by atoms with Crippen LogP contribution in [0.15, 0.2) is 16.9 Å². The third kappa shape index (κ3) is 3.99. The molecule has 1 aliphatic rings. The van der Waals surface area contributed by atoms with E-state index < -0.39 is 24.0 Å². The molecule has 0 atom stereocenters. The Balaban J connectivity index is 2.11. The van der Waals surface area contributed by atoms with Gasteiger partial charge in [0.2, 0.25) is 11.6 Å². The van der Waals surface area contributed by atoms with Crippen LogP contribution in [0.1, 0.15) is 42.5 Å². The van der Waals surface area contributed by atoms with Crippen LogP contribution in [0, 0.1) is 13.8 Å². The lowest BCUT2D eigenvalue weighted by Crippen LogP contribution is -2.39. The van der Waals surface area contributed by atoms with E-state index in [9.17, 15) is 22.8 Å². The summed E-state index contributed by atoms with van der Waals surface area (Å²) in [4.78, 5) is 30.4. The van der Waals surface area contributed by atoms with Crippen molar-refractivity contribution in [3.8, 4) is 0 Å². The Morgan fingerprint density at radius 3 is 2.26 bits per heavy atom. The van der Waals surface area contributed by atoms with Crippen molar-refractivity contribution in [3.05, 3.63) is 39.3 Å². The summed E-state index contributed by atoms with van der Waals surface area (Å²) in [5, 5.41) is 0. The van der Waals surface area contributed by atoms with Crippen molar-refractivity contribution in [1.29, 1.82) is 0 Å². The smallest absolute Gasteiger partial charge is 0.341 e. The fourth-order valence-corrected chi connectivity index (χ4v) is 3.39. The predicted octanol–water partition coefficient (Wildman–Crippen LogP) is 3.43. The minimum absolute atomic E-state index is 0.0636. The van der Waals surface area contributed by atoms with Crippen LogP contribution in [0.2, 0.25) is 0 Å². The van der Waals surface area contributed by atoms with Gasteiger partial charge in [-0.2, -0.15) is 13.2 Å². The molecule has 8 heteroatoms. The minimum Gasteiger partial charge on any atom is -0.341 e. The lowest BCUT2D eigenvalue weighted by molar-refractivity contribution is -0.142. The molecule has 2 heterocycles. The zero-order chi connectivity index (χ0) is 19.8. The van der Waals surface area contributed by atoms with Gasteiger partial charge in [-0.15, -0.1) is 0 Å². The molecule has 1 aromatic heterocycles. The number of amides is 1. The number of carbonyl (C=O) groups is 1. The maximum absolute atomic E-state index is 13.3. The standard InChI is InChI=1S/C19H22F3N3O2/c1-12-9-14-15(10-13(12)2)25(18(27)17(23-14)19(20,21)22)11-16(26)24-7-5-3-4-6-8-24/h9-10H,3-8,11H2,1-2H3. The summed E-state index contributed by atoms with van der Waals surface area (Å²) >= 11 is 0. The van der Waals surface area contributed by atoms with Crippen molar-refractivity contribution in [1.82, 2.24) is 14.5 Å². The summed E-state index contributed by atoms with van der Waals surface area (Å²) in [7, 11) is 0. The van der Waals surface area contributed by atoms with Gasteiger partial charge in [-0.1, -0.05) is 12.8 Å². The monoisotopic (exact) mass is 381 g/mol. The van der Waals surface area contributed by atoms with E-state index in [1.165, 1.54) is 6.07 Å². The Bertz CT molecular complexity index is 926. The molecule has 0 unspecified atom stereocenters. The summed E-state index contributed by atoms with van der Waals surface area (Å²) in [5.74, 6) is -0.335. The molecule has 2 aromatic rings. The summed E-state index contributed by atoms with van der Waals surface area (Å²) in [6.07, 6.45) is -1.09. The lowest BCUT2D eigenvalue weighted by atomic mass is 10.1. The van der Waals surface area contributed by atoms with E-state index in [4.69, 9.17) is 0 Å². The third-order valence-corrected chi connectivity index (χ3v) is 5.08. The van der Waals surface area contributed by atoms with Crippen molar-refractivity contribution in [3.63, 3.8) is 0 Å². The van der Waals surface area contributed by atoms with Gasteiger partial charge in [0, 0.05) is 13.1 Å². The first kappa shape index (κ1) is 19.4. The molecule has 0 spiro atoms. The number of nitrogens with zero attached hydrogens (tertiary/aromatic N) is 3. The number of alkyl halides is 3. The highest BCUT2D eigenvalue weighted by Gasteiger charge is 2.37. The van der Waals surface area contributed by atoms with Gasteiger partial charge in [0.05, 0.1) is 11.0 Å². The molecule has 5 nitrogen and oxygen atoms in total. The molecule has 146 valence electrons. The van der Waals surface area contributed by atoms with E-state index in [0.29, 0.717) is 13.1 Å². The molecular weight excluding hydrogens is 359 g/mol. The number of benzene rings is 1. The molecule has 0 aliphatic carbocycles. The first-order valence-electron chi connectivity index (χ1n) is 9.05. The summed E-state index contributed by atoms with van der Waals surface area (Å²) in [6.45, 7) is 4.30. The Morgan fingerprint density at radius 1 is 1.07 bits per heavy atom. The zero-order valence-electron chi connectivity index (χ0n) is 15.4. The summed E-state index contributed by atoms with van der Waals surface area (Å²) in [5.41, 5.74) is -0.858. The molecule has 0 saturated carbocycles. The van der Waals surface area contributed by atoms with Crippen molar-refractivity contribution < 1.29 is 18.0 Å². The van der Waals surface area contributed by atoms with Crippen LogP contribution in [0.4, 0.5) is 13.2 Å². The van der Waals surface area contributed by atoms with E-state index in [2.05, 4.69) is 4.98 Å². The summed E-state index contributed by atoms with van der Waals surface area (Å²) < 4.78 is 40.9. The largest absolute Gasteiger partial charge is 0.438 e. The van der Waals surface area contributed by atoms with Crippen molar-refractivity contribution in [2.45, 2.75) is 52.3 Å². The second kappa shape index (κ2) is 7.32. The summed E-state index contributed by atoms with van der Waals surface area (Å²) in [6, 6.07) is 3.14. The Morgan fingerprint density at radius 2 is 1.67 bits per heavy atom. The first-order chi connectivity index (χ1) is 12.7. The number of hydrogen-bond donors (Lipinski definition) is 0. The molecule has 0 N–H and O–H groups in total. The van der Waals surface area contributed by atoms with Crippen LogP contribution in [-0.4, -0.2) is 33.4 Å². The van der Waals surface area contributed by atoms with E-state index in [-0.39, 0.29) is 16.9 Å². The fourth-order valence-electron chi connectivity index (χ4n) is 3.39. The van der Waals surface area contributed by atoms with E-state index in [1.54, 1.807) is 24.8 Å². The lowest BCUT2D eigenvalue weighted by Gasteiger charge is -2.22. The maximum Gasteiger partial charge on any atom is 0.438 e. The highest BCUT2D eigenvalue weighted by Crippen LogP contribution is 2.27. The maximum atomic E-state index is 13.3. The van der Waals surface area contributed by atoms with Crippen LogP contribution in [0.3, 0.4) is 0 Å². The average Bonchev–Trinajstić information content (AvgIpc) is 2.87. The Kier molecular flexibility index (Phi) is 5.26. The number of rotatable bonds is 2. The van der Waals surface area contributed by atoms with Gasteiger partial charge in [0.1, 0.15) is 6.54 Å². The second-order valence-electron chi connectivity index (χ2n) is 7.07. The highest BCUT2D eigenvalue weighted by atomic mass is 19.4.